The van der Waals surface area contributed by atoms with Gasteiger partial charge in [0.25, 0.3) is 9.70 Å². The zero-order valence-electron chi connectivity index (χ0n) is 31.4. The summed E-state index contributed by atoms with van der Waals surface area (Å²) in [6.45, 7) is 4.54. The molecule has 24 heteroatoms. The van der Waals surface area contributed by atoms with Crippen molar-refractivity contribution in [1.82, 2.24) is 5.32 Å². The van der Waals surface area contributed by atoms with E-state index in [1.807, 2.05) is 0 Å². The zero-order chi connectivity index (χ0) is 43.6. The Hall–Kier alpha value is -4.80. The summed E-state index contributed by atoms with van der Waals surface area (Å²) in [5.41, 5.74) is -0.879. The number of carbonyl (C=O) groups is 8. The molecule has 2 aliphatic heterocycles. The molecule has 0 aromatic heterocycles. The highest BCUT2D eigenvalue weighted by molar-refractivity contribution is 6.76. The molecule has 3 rings (SSSR count). The predicted octanol–water partition coefficient (Wildman–Crippen LogP) is 1.54. The number of carbonyl (C=O) groups excluding carboxylic acids is 7. The first-order valence-corrected chi connectivity index (χ1v) is 18.0. The van der Waals surface area contributed by atoms with Gasteiger partial charge in [-0.25, -0.2) is 4.79 Å². The van der Waals surface area contributed by atoms with Crippen LogP contribution in [0.3, 0.4) is 0 Å². The summed E-state index contributed by atoms with van der Waals surface area (Å²) in [6.07, 6.45) is -16.0. The Kier molecular flexibility index (Phi) is 17.0. The number of rotatable bonds is 14. The molecule has 0 saturated carbocycles. The molecule has 2 aliphatic rings. The molecule has 0 aliphatic carbocycles. The van der Waals surface area contributed by atoms with Crippen molar-refractivity contribution in [2.75, 3.05) is 13.2 Å². The highest BCUT2D eigenvalue weighted by Crippen LogP contribution is 2.36. The number of amides is 1. The van der Waals surface area contributed by atoms with Crippen molar-refractivity contribution < 1.29 is 90.8 Å². The van der Waals surface area contributed by atoms with Crippen molar-refractivity contribution in [2.45, 2.75) is 107 Å². The summed E-state index contributed by atoms with van der Waals surface area (Å²) in [5, 5.41) is 20.4. The van der Waals surface area contributed by atoms with Gasteiger partial charge in [0.15, 0.2) is 30.7 Å². The molecule has 10 atom stereocenters. The van der Waals surface area contributed by atoms with Crippen molar-refractivity contribution >= 4 is 88.4 Å². The molecule has 58 heavy (non-hydrogen) atoms. The Balaban J connectivity index is 2.28. The van der Waals surface area contributed by atoms with Gasteiger partial charge < -0.3 is 57.8 Å². The van der Waals surface area contributed by atoms with Crippen molar-refractivity contribution in [3.8, 4) is 0 Å². The Bertz CT molecular complexity index is 1750. The fraction of sp³-hybridized carbons (Fsp3) is 0.559. The van der Waals surface area contributed by atoms with E-state index in [1.54, 1.807) is 0 Å². The van der Waals surface area contributed by atoms with E-state index in [0.717, 1.165) is 53.7 Å². The maximum atomic E-state index is 13.8. The van der Waals surface area contributed by atoms with Crippen LogP contribution in [0.15, 0.2) is 24.3 Å². The number of esters is 6. The number of hydrogen-bond acceptors (Lipinski definition) is 19. The SMILES string of the molecule is CC(=O)OC[C@H]1O[C@@H](O[C@H]2[C@H](OC(C)=O)[C@@H](NC(=O)c3ccccc3C(=O)O)[C@H](OC(=N)C(Cl)(Cl)Cl)O[C@@H]2COC(C)=O)[C@H](OC(C)=O)[C@@H](OC(C)=O)[C@@H]1OC(C)=O. The minimum absolute atomic E-state index is 0.411. The van der Waals surface area contributed by atoms with Gasteiger partial charge >= 0.3 is 41.8 Å². The number of hydrogen-bond donors (Lipinski definition) is 3. The van der Waals surface area contributed by atoms with E-state index in [9.17, 15) is 43.5 Å². The molecule has 2 saturated heterocycles. The van der Waals surface area contributed by atoms with E-state index in [2.05, 4.69) is 5.32 Å². The second-order valence-corrected chi connectivity index (χ2v) is 14.7. The van der Waals surface area contributed by atoms with E-state index < -0.39 is 143 Å². The number of carboxylic acid groups (broad SMARTS) is 1. The van der Waals surface area contributed by atoms with Crippen LogP contribution in [0.2, 0.25) is 0 Å². The first-order chi connectivity index (χ1) is 27.0. The van der Waals surface area contributed by atoms with E-state index in [4.69, 9.17) is 87.6 Å². The van der Waals surface area contributed by atoms with Crippen LogP contribution in [0.25, 0.3) is 0 Å². The van der Waals surface area contributed by atoms with Crippen LogP contribution in [0.4, 0.5) is 0 Å². The summed E-state index contributed by atoms with van der Waals surface area (Å²) < 4.78 is 53.6. The molecule has 3 N–H and O–H groups in total. The summed E-state index contributed by atoms with van der Waals surface area (Å²) in [4.78, 5) is 99.7. The molecule has 0 bridgehead atoms. The second kappa shape index (κ2) is 20.8. The van der Waals surface area contributed by atoms with E-state index in [1.165, 1.54) is 12.1 Å². The molecule has 1 amide bonds. The standard InChI is InChI=1S/C34H39Cl3N2O19/c1-13(40)49-11-21-24(57-32-28(54-18(6)45)27(53-17(5)44)25(51-15(3)42)22(56-32)12-50-14(2)41)26(52-16(4)43)23(31(55-21)58-33(38)34(35,36)37)39-29(46)19-9-7-8-10-20(19)30(47)48/h7-10,21-28,31-32,38H,11-12H2,1-6H3,(H,39,46)(H,47,48)/t21-,22-,23-,24-,25-,26-,27+,28-,31+,32+/m1/s1. The quantitative estimate of drug-likeness (QED) is 0.0785. The smallest absolute Gasteiger partial charge is 0.336 e. The van der Waals surface area contributed by atoms with Gasteiger partial charge in [0.2, 0.25) is 12.2 Å². The van der Waals surface area contributed by atoms with E-state index >= 15 is 0 Å². The monoisotopic (exact) mass is 884 g/mol. The lowest BCUT2D eigenvalue weighted by molar-refractivity contribution is -0.346. The van der Waals surface area contributed by atoms with Gasteiger partial charge in [0.1, 0.15) is 37.6 Å². The summed E-state index contributed by atoms with van der Waals surface area (Å²) in [6, 6.07) is 3.13. The topological polar surface area (TPSA) is 285 Å². The lowest BCUT2D eigenvalue weighted by Crippen LogP contribution is -2.69. The number of ether oxygens (including phenoxy) is 10. The summed E-state index contributed by atoms with van der Waals surface area (Å²) in [5.74, 6) is -9.35. The maximum Gasteiger partial charge on any atom is 0.336 e. The van der Waals surface area contributed by atoms with Crippen molar-refractivity contribution in [3.05, 3.63) is 35.4 Å². The molecule has 1 aromatic rings. The molecule has 0 spiro atoms. The molecule has 2 fully saturated rings. The van der Waals surface area contributed by atoms with Crippen LogP contribution in [0, 0.1) is 5.41 Å². The van der Waals surface area contributed by atoms with Gasteiger partial charge in [-0.15, -0.1) is 0 Å². The Morgan fingerprint density at radius 1 is 0.638 bits per heavy atom. The first kappa shape index (κ1) is 47.6. The predicted molar refractivity (Wildman–Crippen MR) is 191 cm³/mol. The van der Waals surface area contributed by atoms with Crippen LogP contribution in [0.5, 0.6) is 0 Å². The van der Waals surface area contributed by atoms with Gasteiger partial charge in [0, 0.05) is 41.5 Å². The largest absolute Gasteiger partial charge is 0.478 e. The molecule has 21 nitrogen and oxygen atoms in total. The first-order valence-electron chi connectivity index (χ1n) is 16.9. The van der Waals surface area contributed by atoms with Gasteiger partial charge in [-0.1, -0.05) is 46.9 Å². The van der Waals surface area contributed by atoms with E-state index in [0.29, 0.717) is 0 Å². The lowest BCUT2D eigenvalue weighted by atomic mass is 9.94. The summed E-state index contributed by atoms with van der Waals surface area (Å²) in [7, 11) is 0. The number of halogens is 3. The third kappa shape index (κ3) is 13.4. The second-order valence-electron chi connectivity index (χ2n) is 12.4. The fourth-order valence-electron chi connectivity index (χ4n) is 5.72. The summed E-state index contributed by atoms with van der Waals surface area (Å²) >= 11 is 17.6. The average molecular weight is 886 g/mol. The van der Waals surface area contributed by atoms with Crippen LogP contribution in [-0.2, 0) is 76.1 Å². The highest BCUT2D eigenvalue weighted by Gasteiger charge is 2.58. The maximum absolute atomic E-state index is 13.8. The van der Waals surface area contributed by atoms with Crippen LogP contribution >= 0.6 is 34.8 Å². The van der Waals surface area contributed by atoms with Gasteiger partial charge in [-0.05, 0) is 12.1 Å². The van der Waals surface area contributed by atoms with Crippen molar-refractivity contribution in [1.29, 1.82) is 5.41 Å². The average Bonchev–Trinajstić information content (AvgIpc) is 3.10. The Morgan fingerprint density at radius 2 is 1.09 bits per heavy atom. The van der Waals surface area contributed by atoms with E-state index in [-0.39, 0.29) is 0 Å². The van der Waals surface area contributed by atoms with Crippen LogP contribution < -0.4 is 5.32 Å². The number of alkyl halides is 3. The van der Waals surface area contributed by atoms with Crippen LogP contribution in [-0.4, -0.2) is 137 Å². The Labute approximate surface area is 344 Å². The van der Waals surface area contributed by atoms with Gasteiger partial charge in [0.05, 0.1) is 11.1 Å². The molecule has 0 radical (unpaired) electrons. The van der Waals surface area contributed by atoms with Crippen molar-refractivity contribution in [3.63, 3.8) is 0 Å². The third-order valence-electron chi connectivity index (χ3n) is 7.83. The van der Waals surface area contributed by atoms with Gasteiger partial charge in [-0.2, -0.15) is 0 Å². The number of benzene rings is 1. The number of aromatic carboxylic acids is 1. The molecule has 2 heterocycles. The molecular formula is C34H39Cl3N2O19. The third-order valence-corrected chi connectivity index (χ3v) is 8.34. The fourth-order valence-corrected chi connectivity index (χ4v) is 5.85. The molecule has 0 unspecified atom stereocenters. The van der Waals surface area contributed by atoms with Crippen molar-refractivity contribution in [2.24, 2.45) is 0 Å². The molecule has 1 aromatic carbocycles. The molecule has 320 valence electrons. The Morgan fingerprint density at radius 3 is 1.57 bits per heavy atom. The van der Waals surface area contributed by atoms with Crippen LogP contribution in [0.1, 0.15) is 62.3 Å². The lowest BCUT2D eigenvalue weighted by Gasteiger charge is -2.49. The minimum Gasteiger partial charge on any atom is -0.478 e. The zero-order valence-corrected chi connectivity index (χ0v) is 33.7. The van der Waals surface area contributed by atoms with Gasteiger partial charge in [-0.3, -0.25) is 39.0 Å². The number of nitrogens with one attached hydrogen (secondary N) is 2. The normalized spacial score (nSPS) is 26.8. The number of carboxylic acids is 1. The molecular weight excluding hydrogens is 847 g/mol. The highest BCUT2D eigenvalue weighted by atomic mass is 35.6. The minimum atomic E-state index is -2.54.